The molecule has 11 heteroatoms. The summed E-state index contributed by atoms with van der Waals surface area (Å²) >= 11 is 0. The molecule has 5 aromatic rings. The number of aromatic nitrogens is 7. The van der Waals surface area contributed by atoms with Gasteiger partial charge in [0, 0.05) is 44.4 Å². The van der Waals surface area contributed by atoms with Gasteiger partial charge in [-0.25, -0.2) is 15.0 Å². The number of benzene rings is 1. The van der Waals surface area contributed by atoms with Crippen molar-refractivity contribution in [2.45, 2.75) is 26.3 Å². The number of morpholine rings is 1. The molecule has 1 saturated heterocycles. The molecule has 1 atom stereocenters. The quantitative estimate of drug-likeness (QED) is 0.325. The Hall–Kier alpha value is -4.25. The number of aromatic amines is 2. The summed E-state index contributed by atoms with van der Waals surface area (Å²) < 4.78 is 7.21. The van der Waals surface area contributed by atoms with Crippen molar-refractivity contribution in [2.75, 3.05) is 36.5 Å². The van der Waals surface area contributed by atoms with Gasteiger partial charge >= 0.3 is 0 Å². The van der Waals surface area contributed by atoms with Gasteiger partial charge in [-0.3, -0.25) is 9.48 Å². The Morgan fingerprint density at radius 3 is 2.68 bits per heavy atom. The van der Waals surface area contributed by atoms with Gasteiger partial charge < -0.3 is 24.9 Å². The number of nitrogens with zero attached hydrogens (tertiary/aromatic N) is 6. The maximum atomic E-state index is 13.5. The van der Waals surface area contributed by atoms with Crippen LogP contribution in [0.5, 0.6) is 0 Å². The molecule has 4 aromatic heterocycles. The molecule has 190 valence electrons. The number of H-pyrrole nitrogens is 2. The second-order valence-electron chi connectivity index (χ2n) is 9.32. The highest BCUT2D eigenvalue weighted by molar-refractivity contribution is 5.97. The van der Waals surface area contributed by atoms with E-state index in [0.717, 1.165) is 35.4 Å². The van der Waals surface area contributed by atoms with Gasteiger partial charge in [0.2, 0.25) is 0 Å². The minimum Gasteiger partial charge on any atom is -0.378 e. The SMILES string of the molecule is CC[C@@H](Nc1c(-c2nc3cc(C)c(N4CCOCC4)cc3[nH]2)c(=O)[nH]c2cn(C)nc12)c1ncccn1. The van der Waals surface area contributed by atoms with E-state index in [1.165, 1.54) is 0 Å². The monoisotopic (exact) mass is 499 g/mol. The van der Waals surface area contributed by atoms with E-state index < -0.39 is 0 Å². The summed E-state index contributed by atoms with van der Waals surface area (Å²) in [5.41, 5.74) is 5.99. The molecule has 1 aliphatic heterocycles. The van der Waals surface area contributed by atoms with Crippen LogP contribution in [0.15, 0.2) is 41.6 Å². The third-order valence-electron chi connectivity index (χ3n) is 6.80. The fraction of sp³-hybridized carbons (Fsp3) is 0.346. The van der Waals surface area contributed by atoms with Crippen molar-refractivity contribution in [2.24, 2.45) is 7.05 Å². The lowest BCUT2D eigenvalue weighted by molar-refractivity contribution is 0.122. The van der Waals surface area contributed by atoms with Gasteiger partial charge in [0.15, 0.2) is 0 Å². The van der Waals surface area contributed by atoms with E-state index in [1.807, 2.05) is 14.0 Å². The van der Waals surface area contributed by atoms with E-state index in [0.29, 0.717) is 53.6 Å². The predicted molar refractivity (Wildman–Crippen MR) is 143 cm³/mol. The average Bonchev–Trinajstić information content (AvgIpc) is 3.49. The van der Waals surface area contributed by atoms with E-state index in [9.17, 15) is 4.79 Å². The van der Waals surface area contributed by atoms with Crippen molar-refractivity contribution in [3.05, 3.63) is 58.5 Å². The van der Waals surface area contributed by atoms with Crippen LogP contribution in [-0.4, -0.2) is 61.0 Å². The largest absolute Gasteiger partial charge is 0.378 e. The van der Waals surface area contributed by atoms with Crippen molar-refractivity contribution >= 4 is 33.4 Å². The van der Waals surface area contributed by atoms with Crippen LogP contribution < -0.4 is 15.8 Å². The lowest BCUT2D eigenvalue weighted by atomic mass is 10.1. The zero-order valence-electron chi connectivity index (χ0n) is 21.1. The number of ether oxygens (including phenoxy) is 1. The molecule has 6 rings (SSSR count). The number of hydrogen-bond donors (Lipinski definition) is 3. The first-order chi connectivity index (χ1) is 18.0. The van der Waals surface area contributed by atoms with Gasteiger partial charge in [0.1, 0.15) is 22.7 Å². The Morgan fingerprint density at radius 1 is 1.14 bits per heavy atom. The lowest BCUT2D eigenvalue weighted by Gasteiger charge is -2.30. The minimum atomic E-state index is -0.254. The fourth-order valence-electron chi connectivity index (χ4n) is 4.97. The van der Waals surface area contributed by atoms with E-state index in [2.05, 4.69) is 54.3 Å². The van der Waals surface area contributed by atoms with E-state index in [4.69, 9.17) is 9.72 Å². The third kappa shape index (κ3) is 4.20. The first kappa shape index (κ1) is 23.2. The Morgan fingerprint density at radius 2 is 1.92 bits per heavy atom. The van der Waals surface area contributed by atoms with Crippen molar-refractivity contribution in [3.8, 4) is 11.4 Å². The van der Waals surface area contributed by atoms with E-state index in [1.54, 1.807) is 29.3 Å². The van der Waals surface area contributed by atoms with E-state index >= 15 is 0 Å². The van der Waals surface area contributed by atoms with Crippen LogP contribution >= 0.6 is 0 Å². The molecule has 11 nitrogen and oxygen atoms in total. The molecule has 1 aromatic carbocycles. The summed E-state index contributed by atoms with van der Waals surface area (Å²) in [6.45, 7) is 7.25. The molecular weight excluding hydrogens is 470 g/mol. The van der Waals surface area contributed by atoms with E-state index in [-0.39, 0.29) is 11.6 Å². The zero-order valence-corrected chi connectivity index (χ0v) is 21.1. The third-order valence-corrected chi connectivity index (χ3v) is 6.80. The Bertz CT molecular complexity index is 1630. The minimum absolute atomic E-state index is 0.216. The average molecular weight is 500 g/mol. The van der Waals surface area contributed by atoms with Crippen LogP contribution in [0.1, 0.15) is 30.8 Å². The van der Waals surface area contributed by atoms with Crippen molar-refractivity contribution in [3.63, 3.8) is 0 Å². The molecule has 5 heterocycles. The molecule has 1 aliphatic rings. The highest BCUT2D eigenvalue weighted by Gasteiger charge is 2.24. The van der Waals surface area contributed by atoms with Crippen LogP contribution in [0.25, 0.3) is 33.5 Å². The Kier molecular flexibility index (Phi) is 5.84. The molecular formula is C26H29N9O2. The highest BCUT2D eigenvalue weighted by atomic mass is 16.5. The summed E-state index contributed by atoms with van der Waals surface area (Å²) in [6, 6.07) is 5.74. The summed E-state index contributed by atoms with van der Waals surface area (Å²) in [5, 5.41) is 8.17. The van der Waals surface area contributed by atoms with Crippen LogP contribution in [0.4, 0.5) is 11.4 Å². The van der Waals surface area contributed by atoms with Gasteiger partial charge in [0.25, 0.3) is 5.56 Å². The summed E-state index contributed by atoms with van der Waals surface area (Å²) in [6.07, 6.45) is 5.94. The van der Waals surface area contributed by atoms with Crippen molar-refractivity contribution in [1.82, 2.24) is 34.7 Å². The van der Waals surface area contributed by atoms with Crippen LogP contribution in [-0.2, 0) is 11.8 Å². The first-order valence-corrected chi connectivity index (χ1v) is 12.5. The van der Waals surface area contributed by atoms with Crippen LogP contribution in [0, 0.1) is 6.92 Å². The predicted octanol–water partition coefficient (Wildman–Crippen LogP) is 3.30. The van der Waals surface area contributed by atoms with Gasteiger partial charge in [-0.05, 0) is 37.1 Å². The Balaban J connectivity index is 1.50. The standard InChI is InChI=1S/C26H29N9O2/c1-4-16(24-27-6-5-7-28-24)29-23-21(26(36)32-19-14-34(3)33-22(19)23)25-30-17-12-15(2)20(13-18(17)31-25)35-8-10-37-11-9-35/h5-7,12-14,16,29H,4,8-11H2,1-3H3,(H,30,31)(H,32,36)/t16-/m1/s1. The second kappa shape index (κ2) is 9.32. The first-order valence-electron chi connectivity index (χ1n) is 12.5. The maximum absolute atomic E-state index is 13.5. The number of rotatable bonds is 6. The number of aryl methyl sites for hydroxylation is 2. The van der Waals surface area contributed by atoms with Crippen LogP contribution in [0.3, 0.4) is 0 Å². The molecule has 0 amide bonds. The normalized spacial score (nSPS) is 14.9. The number of anilines is 2. The molecule has 1 fully saturated rings. The molecule has 0 aliphatic carbocycles. The van der Waals surface area contributed by atoms with Crippen molar-refractivity contribution in [1.29, 1.82) is 0 Å². The number of nitrogens with one attached hydrogen (secondary N) is 3. The lowest BCUT2D eigenvalue weighted by Crippen LogP contribution is -2.36. The molecule has 0 spiro atoms. The summed E-state index contributed by atoms with van der Waals surface area (Å²) in [5.74, 6) is 1.13. The molecule has 0 saturated carbocycles. The van der Waals surface area contributed by atoms with Gasteiger partial charge in [-0.15, -0.1) is 0 Å². The van der Waals surface area contributed by atoms with Gasteiger partial charge in [0.05, 0.1) is 41.5 Å². The van der Waals surface area contributed by atoms with Crippen LogP contribution in [0.2, 0.25) is 0 Å². The molecule has 0 radical (unpaired) electrons. The maximum Gasteiger partial charge on any atom is 0.261 e. The number of hydrogen-bond acceptors (Lipinski definition) is 8. The smallest absolute Gasteiger partial charge is 0.261 e. The fourth-order valence-corrected chi connectivity index (χ4v) is 4.97. The number of pyridine rings is 1. The van der Waals surface area contributed by atoms with Gasteiger partial charge in [-0.1, -0.05) is 6.92 Å². The molecule has 37 heavy (non-hydrogen) atoms. The topological polar surface area (TPSA) is 130 Å². The molecule has 0 bridgehead atoms. The Labute approximate surface area is 212 Å². The summed E-state index contributed by atoms with van der Waals surface area (Å²) in [7, 11) is 1.83. The van der Waals surface area contributed by atoms with Crippen molar-refractivity contribution < 1.29 is 4.74 Å². The second-order valence-corrected chi connectivity index (χ2v) is 9.32. The number of fused-ring (bicyclic) bond motifs is 2. The number of imidazole rings is 1. The highest BCUT2D eigenvalue weighted by Crippen LogP contribution is 2.34. The molecule has 3 N–H and O–H groups in total. The molecule has 0 unspecified atom stereocenters. The van der Waals surface area contributed by atoms with Gasteiger partial charge in [-0.2, -0.15) is 5.10 Å². The summed E-state index contributed by atoms with van der Waals surface area (Å²) in [4.78, 5) is 35.9. The zero-order chi connectivity index (χ0) is 25.5.